The maximum absolute atomic E-state index is 13.2. The summed E-state index contributed by atoms with van der Waals surface area (Å²) in [7, 11) is 0. The third kappa shape index (κ3) is 4.35. The molecule has 33 heavy (non-hydrogen) atoms. The highest BCUT2D eigenvalue weighted by atomic mass is 35.5. The van der Waals surface area contributed by atoms with Crippen molar-refractivity contribution in [2.75, 3.05) is 10.6 Å². The van der Waals surface area contributed by atoms with Gasteiger partial charge in [-0.2, -0.15) is 0 Å². The van der Waals surface area contributed by atoms with Crippen molar-refractivity contribution in [1.29, 1.82) is 0 Å². The van der Waals surface area contributed by atoms with Gasteiger partial charge in [-0.25, -0.2) is 0 Å². The van der Waals surface area contributed by atoms with E-state index in [1.165, 1.54) is 0 Å². The minimum atomic E-state index is -0.813. The van der Waals surface area contributed by atoms with Crippen molar-refractivity contribution < 1.29 is 14.4 Å². The van der Waals surface area contributed by atoms with Crippen LogP contribution in [-0.4, -0.2) is 30.2 Å². The Labute approximate surface area is 195 Å². The molecule has 2 fully saturated rings. The summed E-state index contributed by atoms with van der Waals surface area (Å²) in [5, 5.41) is 17.4. The van der Waals surface area contributed by atoms with Crippen LogP contribution in [0.2, 0.25) is 5.02 Å². The lowest BCUT2D eigenvalue weighted by molar-refractivity contribution is -0.144. The molecule has 0 aromatic heterocycles. The van der Waals surface area contributed by atoms with E-state index >= 15 is 0 Å². The Bertz CT molecular complexity index is 1230. The third-order valence-corrected chi connectivity index (χ3v) is 6.24. The number of benzene rings is 3. The number of rotatable bonds is 4. The fourth-order valence-electron chi connectivity index (χ4n) is 4.43. The normalized spacial score (nSPS) is 24.4. The van der Waals surface area contributed by atoms with Crippen molar-refractivity contribution in [2.24, 2.45) is 11.8 Å². The van der Waals surface area contributed by atoms with E-state index in [9.17, 15) is 14.4 Å². The van der Waals surface area contributed by atoms with Gasteiger partial charge in [-0.1, -0.05) is 48.0 Å². The molecule has 2 saturated heterocycles. The molecule has 8 nitrogen and oxygen atoms in total. The number of nitrogens with one attached hydrogen (secondary N) is 5. The van der Waals surface area contributed by atoms with Crippen molar-refractivity contribution in [3.63, 3.8) is 0 Å². The summed E-state index contributed by atoms with van der Waals surface area (Å²) < 4.78 is 0. The van der Waals surface area contributed by atoms with Crippen LogP contribution in [0.5, 0.6) is 0 Å². The van der Waals surface area contributed by atoms with Gasteiger partial charge in [0.1, 0.15) is 0 Å². The SMILES string of the molecule is O=C1CC(C(=O)Nc2cccc3ccccc23)C2C(=O)NC(Nc3ccc(Cl)cc3)NC2N1. The first kappa shape index (κ1) is 21.2. The van der Waals surface area contributed by atoms with Crippen LogP contribution in [0.4, 0.5) is 11.4 Å². The van der Waals surface area contributed by atoms with Crippen molar-refractivity contribution in [3.8, 4) is 0 Å². The second-order valence-corrected chi connectivity index (χ2v) is 8.59. The molecular formula is C24H22ClN5O3. The van der Waals surface area contributed by atoms with E-state index in [1.54, 1.807) is 24.3 Å². The van der Waals surface area contributed by atoms with Gasteiger partial charge in [0.05, 0.1) is 18.0 Å². The largest absolute Gasteiger partial charge is 0.353 e. The van der Waals surface area contributed by atoms with Gasteiger partial charge in [0.2, 0.25) is 17.7 Å². The molecule has 0 bridgehead atoms. The van der Waals surface area contributed by atoms with Crippen molar-refractivity contribution in [3.05, 3.63) is 71.8 Å². The first-order valence-electron chi connectivity index (χ1n) is 10.6. The van der Waals surface area contributed by atoms with E-state index in [4.69, 9.17) is 11.6 Å². The van der Waals surface area contributed by atoms with Crippen LogP contribution in [0.3, 0.4) is 0 Å². The van der Waals surface area contributed by atoms with Crippen molar-refractivity contribution in [2.45, 2.75) is 18.9 Å². The predicted octanol–water partition coefficient (Wildman–Crippen LogP) is 2.63. The van der Waals surface area contributed by atoms with Gasteiger partial charge < -0.3 is 21.3 Å². The topological polar surface area (TPSA) is 111 Å². The summed E-state index contributed by atoms with van der Waals surface area (Å²) >= 11 is 5.92. The maximum atomic E-state index is 13.2. The van der Waals surface area contributed by atoms with E-state index in [2.05, 4.69) is 26.6 Å². The first-order valence-corrected chi connectivity index (χ1v) is 11.0. The number of fused-ring (bicyclic) bond motifs is 2. The number of piperidine rings is 1. The third-order valence-electron chi connectivity index (χ3n) is 5.99. The zero-order valence-electron chi connectivity index (χ0n) is 17.5. The molecular weight excluding hydrogens is 442 g/mol. The molecule has 5 N–H and O–H groups in total. The molecule has 168 valence electrons. The van der Waals surface area contributed by atoms with Crippen LogP contribution >= 0.6 is 11.6 Å². The van der Waals surface area contributed by atoms with E-state index < -0.39 is 24.3 Å². The Morgan fingerprint density at radius 3 is 2.52 bits per heavy atom. The van der Waals surface area contributed by atoms with E-state index in [-0.39, 0.29) is 24.1 Å². The van der Waals surface area contributed by atoms with E-state index in [0.717, 1.165) is 16.5 Å². The molecule has 0 spiro atoms. The van der Waals surface area contributed by atoms with Gasteiger partial charge in [0, 0.05) is 28.2 Å². The number of hydrogen-bond donors (Lipinski definition) is 5. The van der Waals surface area contributed by atoms with Crippen LogP contribution in [0.15, 0.2) is 66.7 Å². The predicted molar refractivity (Wildman–Crippen MR) is 126 cm³/mol. The lowest BCUT2D eigenvalue weighted by atomic mass is 9.81. The minimum Gasteiger partial charge on any atom is -0.353 e. The summed E-state index contributed by atoms with van der Waals surface area (Å²) in [4.78, 5) is 38.7. The lowest BCUT2D eigenvalue weighted by Crippen LogP contribution is -2.72. The second kappa shape index (κ2) is 8.73. The summed E-state index contributed by atoms with van der Waals surface area (Å²) in [5.41, 5.74) is 1.38. The summed E-state index contributed by atoms with van der Waals surface area (Å²) in [6.45, 7) is 0. The number of carbonyl (C=O) groups is 3. The standard InChI is InChI=1S/C24H22ClN5O3/c25-14-8-10-15(11-9-14)26-24-29-21-20(23(33)30-24)17(12-19(31)28-21)22(32)27-18-7-3-5-13-4-1-2-6-16(13)18/h1-11,17,20-21,24,26,29H,12H2,(H,27,32)(H,28,31)(H,30,33). The van der Waals surface area contributed by atoms with Gasteiger partial charge in [0.15, 0.2) is 6.29 Å². The van der Waals surface area contributed by atoms with Crippen LogP contribution < -0.4 is 26.6 Å². The van der Waals surface area contributed by atoms with Gasteiger partial charge in [-0.05, 0) is 35.7 Å². The smallest absolute Gasteiger partial charge is 0.229 e. The molecule has 3 aromatic carbocycles. The molecule has 3 amide bonds. The summed E-state index contributed by atoms with van der Waals surface area (Å²) in [6.07, 6.45) is -1.38. The molecule has 9 heteroatoms. The number of amides is 3. The fourth-order valence-corrected chi connectivity index (χ4v) is 4.55. The second-order valence-electron chi connectivity index (χ2n) is 8.16. The van der Waals surface area contributed by atoms with Crippen LogP contribution in [0, 0.1) is 11.8 Å². The Hall–Kier alpha value is -3.62. The average Bonchev–Trinajstić information content (AvgIpc) is 2.80. The Balaban J connectivity index is 1.34. The number of halogens is 1. The van der Waals surface area contributed by atoms with E-state index in [0.29, 0.717) is 10.7 Å². The molecule has 2 aliphatic heterocycles. The maximum Gasteiger partial charge on any atom is 0.229 e. The zero-order valence-corrected chi connectivity index (χ0v) is 18.2. The number of hydrogen-bond acceptors (Lipinski definition) is 5. The quantitative estimate of drug-likeness (QED) is 0.408. The molecule has 0 radical (unpaired) electrons. The van der Waals surface area contributed by atoms with Gasteiger partial charge in [-0.3, -0.25) is 19.7 Å². The molecule has 5 rings (SSSR count). The van der Waals surface area contributed by atoms with Crippen LogP contribution in [0.25, 0.3) is 10.8 Å². The Kier molecular flexibility index (Phi) is 5.62. The van der Waals surface area contributed by atoms with Crippen molar-refractivity contribution in [1.82, 2.24) is 16.0 Å². The minimum absolute atomic E-state index is 0.0673. The molecule has 3 aromatic rings. The monoisotopic (exact) mass is 463 g/mol. The molecule has 4 atom stereocenters. The first-order chi connectivity index (χ1) is 16.0. The highest BCUT2D eigenvalue weighted by Crippen LogP contribution is 2.30. The fraction of sp³-hybridized carbons (Fsp3) is 0.208. The Morgan fingerprint density at radius 2 is 1.70 bits per heavy atom. The lowest BCUT2D eigenvalue weighted by Gasteiger charge is -2.43. The van der Waals surface area contributed by atoms with Gasteiger partial charge in [-0.15, -0.1) is 0 Å². The van der Waals surface area contributed by atoms with E-state index in [1.807, 2.05) is 42.5 Å². The number of anilines is 2. The van der Waals surface area contributed by atoms with Crippen molar-refractivity contribution >= 4 is 51.5 Å². The average molecular weight is 464 g/mol. The zero-order chi connectivity index (χ0) is 22.9. The Morgan fingerprint density at radius 1 is 0.939 bits per heavy atom. The van der Waals surface area contributed by atoms with Crippen LogP contribution in [-0.2, 0) is 14.4 Å². The summed E-state index contributed by atoms with van der Waals surface area (Å²) in [6, 6.07) is 20.4. The molecule has 2 aliphatic rings. The van der Waals surface area contributed by atoms with Crippen LogP contribution in [0.1, 0.15) is 6.42 Å². The van der Waals surface area contributed by atoms with Gasteiger partial charge in [0.25, 0.3) is 0 Å². The van der Waals surface area contributed by atoms with Gasteiger partial charge >= 0.3 is 0 Å². The molecule has 4 unspecified atom stereocenters. The summed E-state index contributed by atoms with van der Waals surface area (Å²) in [5.74, 6) is -2.53. The molecule has 0 saturated carbocycles. The highest BCUT2D eigenvalue weighted by Gasteiger charge is 2.48. The molecule has 2 heterocycles. The number of carbonyl (C=O) groups excluding carboxylic acids is 3. The highest BCUT2D eigenvalue weighted by molar-refractivity contribution is 6.30. The molecule has 0 aliphatic carbocycles.